The molecule has 20 heavy (non-hydrogen) atoms. The molecule has 0 N–H and O–H groups in total. The summed E-state index contributed by atoms with van der Waals surface area (Å²) in [6.45, 7) is 0. The Hall–Kier alpha value is -2.42. The second-order valence-corrected chi connectivity index (χ2v) is 4.65. The standard InChI is InChI=1S/C17H14FNO/c1-20-17-14(10-12-6-8-15(18)9-7-12)11-13-4-2-3-5-16(13)19-17/h2-9,11H,10H2,1H3. The monoisotopic (exact) mass is 267 g/mol. The van der Waals surface area contributed by atoms with Crippen molar-refractivity contribution >= 4 is 10.9 Å². The van der Waals surface area contributed by atoms with Gasteiger partial charge in [-0.25, -0.2) is 9.37 Å². The number of methoxy groups -OCH3 is 1. The largest absolute Gasteiger partial charge is 0.481 e. The average Bonchev–Trinajstić information content (AvgIpc) is 2.49. The minimum atomic E-state index is -0.225. The first-order valence-corrected chi connectivity index (χ1v) is 6.43. The maximum Gasteiger partial charge on any atom is 0.217 e. The van der Waals surface area contributed by atoms with E-state index in [4.69, 9.17) is 4.74 Å². The molecule has 1 heterocycles. The smallest absolute Gasteiger partial charge is 0.217 e. The first kappa shape index (κ1) is 12.6. The SMILES string of the molecule is COc1nc2ccccc2cc1Cc1ccc(F)cc1. The summed E-state index contributed by atoms with van der Waals surface area (Å²) in [6, 6.07) is 16.5. The molecule has 1 aromatic heterocycles. The van der Waals surface area contributed by atoms with Gasteiger partial charge in [0.25, 0.3) is 0 Å². The zero-order chi connectivity index (χ0) is 13.9. The highest BCUT2D eigenvalue weighted by Crippen LogP contribution is 2.24. The van der Waals surface area contributed by atoms with Crippen molar-refractivity contribution in [1.82, 2.24) is 4.98 Å². The molecule has 0 bridgehead atoms. The van der Waals surface area contributed by atoms with E-state index in [1.54, 1.807) is 19.2 Å². The third-order valence-corrected chi connectivity index (χ3v) is 3.26. The van der Waals surface area contributed by atoms with Crippen molar-refractivity contribution in [1.29, 1.82) is 0 Å². The van der Waals surface area contributed by atoms with Crippen LogP contribution in [0.25, 0.3) is 10.9 Å². The topological polar surface area (TPSA) is 22.1 Å². The van der Waals surface area contributed by atoms with Gasteiger partial charge in [-0.3, -0.25) is 0 Å². The third kappa shape index (κ3) is 2.48. The predicted octanol–water partition coefficient (Wildman–Crippen LogP) is 3.97. The Morgan fingerprint density at radius 3 is 2.55 bits per heavy atom. The number of aromatic nitrogens is 1. The summed E-state index contributed by atoms with van der Waals surface area (Å²) in [5.74, 6) is 0.394. The minimum absolute atomic E-state index is 0.225. The molecule has 3 rings (SSSR count). The van der Waals surface area contributed by atoms with Crippen LogP contribution in [-0.2, 0) is 6.42 Å². The lowest BCUT2D eigenvalue weighted by Crippen LogP contribution is -1.97. The van der Waals surface area contributed by atoms with Crippen LogP contribution < -0.4 is 4.74 Å². The van der Waals surface area contributed by atoms with Gasteiger partial charge in [-0.2, -0.15) is 0 Å². The third-order valence-electron chi connectivity index (χ3n) is 3.26. The second kappa shape index (κ2) is 5.29. The molecule has 0 fully saturated rings. The van der Waals surface area contributed by atoms with Crippen molar-refractivity contribution in [3.63, 3.8) is 0 Å². The number of nitrogens with zero attached hydrogens (tertiary/aromatic N) is 1. The first-order chi connectivity index (χ1) is 9.76. The lowest BCUT2D eigenvalue weighted by Gasteiger charge is -2.09. The molecule has 0 saturated carbocycles. The van der Waals surface area contributed by atoms with E-state index in [2.05, 4.69) is 11.1 Å². The van der Waals surface area contributed by atoms with E-state index in [9.17, 15) is 4.39 Å². The Morgan fingerprint density at radius 1 is 1.05 bits per heavy atom. The Bertz CT molecular complexity index is 738. The van der Waals surface area contributed by atoms with Gasteiger partial charge in [0.15, 0.2) is 0 Å². The molecule has 2 nitrogen and oxygen atoms in total. The summed E-state index contributed by atoms with van der Waals surface area (Å²) < 4.78 is 18.3. The summed E-state index contributed by atoms with van der Waals surface area (Å²) >= 11 is 0. The predicted molar refractivity (Wildman–Crippen MR) is 77.5 cm³/mol. The van der Waals surface area contributed by atoms with Crippen LogP contribution in [-0.4, -0.2) is 12.1 Å². The summed E-state index contributed by atoms with van der Waals surface area (Å²) in [5.41, 5.74) is 2.94. The van der Waals surface area contributed by atoms with Crippen molar-refractivity contribution in [3.05, 3.63) is 71.5 Å². The number of rotatable bonds is 3. The highest BCUT2D eigenvalue weighted by Gasteiger charge is 2.08. The molecular formula is C17H14FNO. The molecule has 0 unspecified atom stereocenters. The molecule has 0 radical (unpaired) electrons. The van der Waals surface area contributed by atoms with Gasteiger partial charge in [0.1, 0.15) is 5.82 Å². The van der Waals surface area contributed by atoms with Crippen molar-refractivity contribution in [3.8, 4) is 5.88 Å². The number of hydrogen-bond acceptors (Lipinski definition) is 2. The van der Waals surface area contributed by atoms with Crippen LogP contribution >= 0.6 is 0 Å². The molecule has 0 aliphatic carbocycles. The van der Waals surface area contributed by atoms with Crippen LogP contribution in [0.1, 0.15) is 11.1 Å². The van der Waals surface area contributed by atoms with E-state index < -0.39 is 0 Å². The van der Waals surface area contributed by atoms with Crippen LogP contribution in [0.5, 0.6) is 5.88 Å². The fourth-order valence-corrected chi connectivity index (χ4v) is 2.27. The van der Waals surface area contributed by atoms with E-state index in [0.717, 1.165) is 22.0 Å². The van der Waals surface area contributed by atoms with Gasteiger partial charge >= 0.3 is 0 Å². The zero-order valence-electron chi connectivity index (χ0n) is 11.1. The molecule has 0 spiro atoms. The number of ether oxygens (including phenoxy) is 1. The molecule has 2 aromatic carbocycles. The maximum atomic E-state index is 12.9. The Balaban J connectivity index is 2.03. The number of para-hydroxylation sites is 1. The quantitative estimate of drug-likeness (QED) is 0.716. The Labute approximate surface area is 116 Å². The molecule has 0 aliphatic heterocycles. The van der Waals surface area contributed by atoms with Gasteiger partial charge in [-0.1, -0.05) is 30.3 Å². The van der Waals surface area contributed by atoms with Crippen molar-refractivity contribution in [2.45, 2.75) is 6.42 Å². The highest BCUT2D eigenvalue weighted by molar-refractivity contribution is 5.80. The van der Waals surface area contributed by atoms with Crippen LogP contribution in [0.2, 0.25) is 0 Å². The maximum absolute atomic E-state index is 12.9. The van der Waals surface area contributed by atoms with Crippen molar-refractivity contribution < 1.29 is 9.13 Å². The van der Waals surface area contributed by atoms with E-state index >= 15 is 0 Å². The second-order valence-electron chi connectivity index (χ2n) is 4.65. The summed E-state index contributed by atoms with van der Waals surface area (Å²) in [4.78, 5) is 4.51. The number of benzene rings is 2. The van der Waals surface area contributed by atoms with Gasteiger partial charge in [0.2, 0.25) is 5.88 Å². The zero-order valence-corrected chi connectivity index (χ0v) is 11.1. The van der Waals surface area contributed by atoms with E-state index in [-0.39, 0.29) is 5.82 Å². The van der Waals surface area contributed by atoms with E-state index in [0.29, 0.717) is 12.3 Å². The molecule has 0 atom stereocenters. The number of pyridine rings is 1. The molecule has 0 amide bonds. The molecule has 0 saturated heterocycles. The normalized spacial score (nSPS) is 10.7. The number of fused-ring (bicyclic) bond motifs is 1. The lowest BCUT2D eigenvalue weighted by molar-refractivity contribution is 0.395. The van der Waals surface area contributed by atoms with Crippen LogP contribution in [0.3, 0.4) is 0 Å². The fourth-order valence-electron chi connectivity index (χ4n) is 2.27. The molecular weight excluding hydrogens is 253 g/mol. The summed E-state index contributed by atoms with van der Waals surface area (Å²) in [7, 11) is 1.62. The molecule has 3 aromatic rings. The molecule has 0 aliphatic rings. The van der Waals surface area contributed by atoms with Gasteiger partial charge < -0.3 is 4.74 Å². The van der Waals surface area contributed by atoms with Gasteiger partial charge in [0.05, 0.1) is 12.6 Å². The van der Waals surface area contributed by atoms with E-state index in [1.165, 1.54) is 12.1 Å². The van der Waals surface area contributed by atoms with Gasteiger partial charge in [-0.15, -0.1) is 0 Å². The Kier molecular flexibility index (Phi) is 3.33. The summed E-state index contributed by atoms with van der Waals surface area (Å²) in [6.07, 6.45) is 0.668. The average molecular weight is 267 g/mol. The number of halogens is 1. The van der Waals surface area contributed by atoms with E-state index in [1.807, 2.05) is 24.3 Å². The summed E-state index contributed by atoms with van der Waals surface area (Å²) in [5, 5.41) is 1.07. The first-order valence-electron chi connectivity index (χ1n) is 6.43. The lowest BCUT2D eigenvalue weighted by atomic mass is 10.0. The van der Waals surface area contributed by atoms with Gasteiger partial charge in [0, 0.05) is 17.4 Å². The van der Waals surface area contributed by atoms with Crippen LogP contribution in [0.15, 0.2) is 54.6 Å². The minimum Gasteiger partial charge on any atom is -0.481 e. The van der Waals surface area contributed by atoms with Crippen molar-refractivity contribution in [2.75, 3.05) is 7.11 Å². The van der Waals surface area contributed by atoms with Crippen LogP contribution in [0.4, 0.5) is 4.39 Å². The Morgan fingerprint density at radius 2 is 1.80 bits per heavy atom. The van der Waals surface area contributed by atoms with Crippen molar-refractivity contribution in [2.24, 2.45) is 0 Å². The molecule has 100 valence electrons. The molecule has 3 heteroatoms. The number of hydrogen-bond donors (Lipinski definition) is 0. The van der Waals surface area contributed by atoms with Crippen LogP contribution in [0, 0.1) is 5.82 Å². The highest BCUT2D eigenvalue weighted by atomic mass is 19.1. The van der Waals surface area contributed by atoms with Gasteiger partial charge in [-0.05, 0) is 29.8 Å². The fraction of sp³-hybridized carbons (Fsp3) is 0.118.